The summed E-state index contributed by atoms with van der Waals surface area (Å²) >= 11 is 5.39. The predicted molar refractivity (Wildman–Crippen MR) is 84.5 cm³/mol. The number of carboxylic acid groups (broad SMARTS) is 1. The Morgan fingerprint density at radius 3 is 2.52 bits per heavy atom. The van der Waals surface area contributed by atoms with Gasteiger partial charge in [-0.15, -0.1) is 11.8 Å². The first-order valence-corrected chi connectivity index (χ1v) is 7.75. The van der Waals surface area contributed by atoms with Crippen molar-refractivity contribution in [3.8, 4) is 0 Å². The minimum Gasteiger partial charge on any atom is -0.465 e. The molecule has 2 N–H and O–H groups in total. The molecule has 23 heavy (non-hydrogen) atoms. The summed E-state index contributed by atoms with van der Waals surface area (Å²) in [7, 11) is 0. The third-order valence-corrected chi connectivity index (χ3v) is 4.23. The van der Waals surface area contributed by atoms with E-state index in [-0.39, 0.29) is 22.2 Å². The van der Waals surface area contributed by atoms with Crippen LogP contribution in [0.25, 0.3) is 0 Å². The normalized spacial score (nSPS) is 11.2. The summed E-state index contributed by atoms with van der Waals surface area (Å²) in [5, 5.41) is 11.1. The predicted octanol–water partition coefficient (Wildman–Crippen LogP) is 4.49. The molecule has 1 rings (SSSR count). The number of anilines is 1. The molecule has 0 radical (unpaired) electrons. The van der Waals surface area contributed by atoms with Gasteiger partial charge >= 0.3 is 12.3 Å². The van der Waals surface area contributed by atoms with Gasteiger partial charge in [-0.2, -0.15) is 13.2 Å². The molecule has 0 bridgehead atoms. The largest absolute Gasteiger partial charge is 0.465 e. The van der Waals surface area contributed by atoms with E-state index >= 15 is 0 Å². The molecule has 0 atom stereocenters. The van der Waals surface area contributed by atoms with Crippen molar-refractivity contribution in [3.05, 3.63) is 23.5 Å². The van der Waals surface area contributed by atoms with Crippen LogP contribution in [0.3, 0.4) is 0 Å². The van der Waals surface area contributed by atoms with Gasteiger partial charge in [0, 0.05) is 11.4 Å². The van der Waals surface area contributed by atoms with Crippen molar-refractivity contribution in [1.82, 2.24) is 4.90 Å². The molecule has 0 saturated heterocycles. The molecule has 0 aromatic heterocycles. The van der Waals surface area contributed by atoms with E-state index in [2.05, 4.69) is 5.32 Å². The molecule has 1 aromatic carbocycles. The van der Waals surface area contributed by atoms with Crippen molar-refractivity contribution < 1.29 is 27.5 Å². The second-order valence-corrected chi connectivity index (χ2v) is 5.86. The monoisotopic (exact) mass is 370 g/mol. The van der Waals surface area contributed by atoms with E-state index in [0.717, 1.165) is 11.0 Å². The van der Waals surface area contributed by atoms with E-state index in [4.69, 9.17) is 17.3 Å². The maximum atomic E-state index is 13.9. The summed E-state index contributed by atoms with van der Waals surface area (Å²) in [6.45, 7) is 3.07. The molecule has 0 aliphatic heterocycles. The van der Waals surface area contributed by atoms with Crippen molar-refractivity contribution >= 4 is 40.9 Å². The Morgan fingerprint density at radius 2 is 2.04 bits per heavy atom. The van der Waals surface area contributed by atoms with Crippen molar-refractivity contribution in [2.45, 2.75) is 24.9 Å². The van der Waals surface area contributed by atoms with Crippen LogP contribution in [0.15, 0.2) is 17.0 Å². The Balaban J connectivity index is 2.99. The van der Waals surface area contributed by atoms with Gasteiger partial charge in [-0.3, -0.25) is 4.90 Å². The molecular formula is C13H14F4N2O2S2. The standard InChI is InChI=1S/C13H14F4N2O2S2/c1-3-19(12(20)21)11(22)18-9-5-10(7(2)4-8(9)14)23-6-13(15,16)17/h4-5H,3,6H2,1-2H3,(H,18,22)(H,20,21). The van der Waals surface area contributed by atoms with E-state index < -0.39 is 23.8 Å². The van der Waals surface area contributed by atoms with Crippen LogP contribution in [-0.4, -0.2) is 39.7 Å². The zero-order valence-electron chi connectivity index (χ0n) is 12.2. The fourth-order valence-corrected chi connectivity index (χ4v) is 2.74. The smallest absolute Gasteiger partial charge is 0.413 e. The molecule has 0 fully saturated rings. The van der Waals surface area contributed by atoms with Gasteiger partial charge in [0.05, 0.1) is 11.4 Å². The average Bonchev–Trinajstić information content (AvgIpc) is 2.39. The van der Waals surface area contributed by atoms with E-state index in [1.807, 2.05) is 0 Å². The number of aryl methyl sites for hydroxylation is 1. The second-order valence-electron chi connectivity index (χ2n) is 4.46. The maximum absolute atomic E-state index is 13.9. The lowest BCUT2D eigenvalue weighted by molar-refractivity contribution is -0.105. The lowest BCUT2D eigenvalue weighted by Gasteiger charge is -2.20. The van der Waals surface area contributed by atoms with Gasteiger partial charge in [0.2, 0.25) is 0 Å². The van der Waals surface area contributed by atoms with Crippen LogP contribution in [0.5, 0.6) is 0 Å². The number of alkyl halides is 3. The molecule has 10 heteroatoms. The quantitative estimate of drug-likeness (QED) is 0.465. The Hall–Kier alpha value is -1.55. The molecule has 0 saturated carbocycles. The molecule has 0 aliphatic carbocycles. The van der Waals surface area contributed by atoms with Crippen LogP contribution >= 0.6 is 24.0 Å². The molecule has 0 aliphatic rings. The zero-order chi connectivity index (χ0) is 17.8. The Morgan fingerprint density at radius 1 is 1.43 bits per heavy atom. The van der Waals surface area contributed by atoms with Gasteiger partial charge in [-0.05, 0) is 43.8 Å². The third kappa shape index (κ3) is 5.87. The molecule has 4 nitrogen and oxygen atoms in total. The Labute approximate surface area is 139 Å². The van der Waals surface area contributed by atoms with Crippen LogP contribution in [0.1, 0.15) is 12.5 Å². The summed E-state index contributed by atoms with van der Waals surface area (Å²) < 4.78 is 50.8. The minimum atomic E-state index is -4.35. The zero-order valence-corrected chi connectivity index (χ0v) is 13.8. The minimum absolute atomic E-state index is 0.0460. The van der Waals surface area contributed by atoms with Crippen molar-refractivity contribution in [1.29, 1.82) is 0 Å². The number of nitrogens with one attached hydrogen (secondary N) is 1. The summed E-state index contributed by atoms with van der Waals surface area (Å²) in [4.78, 5) is 12.0. The van der Waals surface area contributed by atoms with Crippen LogP contribution in [0, 0.1) is 12.7 Å². The number of thiocarbonyl (C=S) groups is 1. The first-order valence-electron chi connectivity index (χ1n) is 6.36. The van der Waals surface area contributed by atoms with Gasteiger partial charge in [0.25, 0.3) is 0 Å². The molecule has 128 valence electrons. The number of thioether (sulfide) groups is 1. The lowest BCUT2D eigenvalue weighted by Crippen LogP contribution is -2.38. The average molecular weight is 370 g/mol. The van der Waals surface area contributed by atoms with Gasteiger partial charge in [0.1, 0.15) is 5.82 Å². The molecule has 0 unspecified atom stereocenters. The summed E-state index contributed by atoms with van der Waals surface area (Å²) in [6.07, 6.45) is -5.67. The number of rotatable bonds is 4. The van der Waals surface area contributed by atoms with Crippen LogP contribution in [0.4, 0.5) is 28.0 Å². The number of halogens is 4. The highest BCUT2D eigenvalue weighted by molar-refractivity contribution is 7.99. The first-order chi connectivity index (χ1) is 10.5. The summed E-state index contributed by atoms with van der Waals surface area (Å²) in [5.74, 6) is -1.85. The van der Waals surface area contributed by atoms with Crippen LogP contribution < -0.4 is 5.32 Å². The van der Waals surface area contributed by atoms with Crippen molar-refractivity contribution in [2.75, 3.05) is 17.6 Å². The molecular weight excluding hydrogens is 356 g/mol. The van der Waals surface area contributed by atoms with E-state index in [9.17, 15) is 22.4 Å². The number of benzene rings is 1. The van der Waals surface area contributed by atoms with E-state index in [0.29, 0.717) is 17.3 Å². The van der Waals surface area contributed by atoms with Crippen molar-refractivity contribution in [2.24, 2.45) is 0 Å². The number of nitrogens with zero attached hydrogens (tertiary/aromatic N) is 1. The van der Waals surface area contributed by atoms with E-state index in [1.165, 1.54) is 19.9 Å². The number of hydrogen-bond acceptors (Lipinski definition) is 3. The molecule has 1 aromatic rings. The van der Waals surface area contributed by atoms with Crippen LogP contribution in [0.2, 0.25) is 0 Å². The molecule has 0 heterocycles. The number of hydrogen-bond donors (Lipinski definition) is 2. The summed E-state index contributed by atoms with van der Waals surface area (Å²) in [5.41, 5.74) is 0.170. The number of amides is 1. The van der Waals surface area contributed by atoms with Gasteiger partial charge in [-0.25, -0.2) is 9.18 Å². The van der Waals surface area contributed by atoms with Crippen molar-refractivity contribution in [3.63, 3.8) is 0 Å². The van der Waals surface area contributed by atoms with Crippen LogP contribution in [-0.2, 0) is 0 Å². The topological polar surface area (TPSA) is 52.6 Å². The lowest BCUT2D eigenvalue weighted by atomic mass is 10.2. The second kappa shape index (κ2) is 7.82. The molecule has 1 amide bonds. The SMILES string of the molecule is CCN(C(=O)O)C(=S)Nc1cc(SCC(F)(F)F)c(C)cc1F. The highest BCUT2D eigenvalue weighted by atomic mass is 32.2. The maximum Gasteiger partial charge on any atom is 0.413 e. The summed E-state index contributed by atoms with van der Waals surface area (Å²) in [6, 6.07) is 2.25. The Kier molecular flexibility index (Phi) is 6.63. The Bertz CT molecular complexity index is 608. The third-order valence-electron chi connectivity index (χ3n) is 2.69. The van der Waals surface area contributed by atoms with Gasteiger partial charge in [-0.1, -0.05) is 0 Å². The first kappa shape index (κ1) is 19.5. The highest BCUT2D eigenvalue weighted by Crippen LogP contribution is 2.32. The fourth-order valence-electron chi connectivity index (χ4n) is 1.61. The molecule has 0 spiro atoms. The van der Waals surface area contributed by atoms with E-state index in [1.54, 1.807) is 0 Å². The number of carbonyl (C=O) groups is 1. The fraction of sp³-hybridized carbons (Fsp3) is 0.385. The highest BCUT2D eigenvalue weighted by Gasteiger charge is 2.28. The van der Waals surface area contributed by atoms with Gasteiger partial charge in [0.15, 0.2) is 5.11 Å². The van der Waals surface area contributed by atoms with Gasteiger partial charge < -0.3 is 10.4 Å².